The first-order valence-corrected chi connectivity index (χ1v) is 12.9. The lowest BCUT2D eigenvalue weighted by atomic mass is 10.0. The van der Waals surface area contributed by atoms with Gasteiger partial charge < -0.3 is 15.0 Å². The summed E-state index contributed by atoms with van der Waals surface area (Å²) in [7, 11) is 0. The second-order valence-electron chi connectivity index (χ2n) is 8.32. The summed E-state index contributed by atoms with van der Waals surface area (Å²) >= 11 is 18.9. The van der Waals surface area contributed by atoms with E-state index in [4.69, 9.17) is 39.5 Å². The number of hydrogen-bond acceptors (Lipinski definition) is 3. The van der Waals surface area contributed by atoms with Crippen molar-refractivity contribution in [2.24, 2.45) is 0 Å². The fourth-order valence-corrected chi connectivity index (χ4v) is 4.40. The minimum atomic E-state index is -0.799. The van der Waals surface area contributed by atoms with E-state index in [1.807, 2.05) is 30.3 Å². The fraction of sp³-hybridized carbons (Fsp3) is 0.286. The number of carbonyl (C=O) groups is 2. The maximum Gasteiger partial charge on any atom is 0.261 e. The monoisotopic (exact) mass is 546 g/mol. The van der Waals surface area contributed by atoms with Crippen LogP contribution in [-0.2, 0) is 22.6 Å². The van der Waals surface area contributed by atoms with Gasteiger partial charge in [0.2, 0.25) is 5.91 Å². The van der Waals surface area contributed by atoms with Crippen LogP contribution in [0, 0.1) is 0 Å². The molecule has 5 nitrogen and oxygen atoms in total. The van der Waals surface area contributed by atoms with Gasteiger partial charge in [0.05, 0.1) is 0 Å². The van der Waals surface area contributed by atoms with Crippen molar-refractivity contribution in [1.29, 1.82) is 0 Å². The molecule has 0 radical (unpaired) electrons. The molecule has 36 heavy (non-hydrogen) atoms. The summed E-state index contributed by atoms with van der Waals surface area (Å²) < 4.78 is 5.73. The van der Waals surface area contributed by atoms with E-state index in [1.165, 1.54) is 4.90 Å². The van der Waals surface area contributed by atoms with Crippen molar-refractivity contribution in [3.8, 4) is 5.75 Å². The Morgan fingerprint density at radius 2 is 1.64 bits per heavy atom. The van der Waals surface area contributed by atoms with E-state index < -0.39 is 6.04 Å². The van der Waals surface area contributed by atoms with Crippen LogP contribution in [0.15, 0.2) is 72.8 Å². The summed E-state index contributed by atoms with van der Waals surface area (Å²) in [5, 5.41) is 4.31. The molecule has 0 spiro atoms. The number of amides is 2. The second-order valence-corrected chi connectivity index (χ2v) is 9.57. The summed E-state index contributed by atoms with van der Waals surface area (Å²) in [5.74, 6) is -0.164. The first-order valence-electron chi connectivity index (χ1n) is 11.8. The molecule has 0 aromatic heterocycles. The zero-order valence-corrected chi connectivity index (χ0v) is 22.3. The molecule has 3 rings (SSSR count). The highest BCUT2D eigenvalue weighted by Gasteiger charge is 2.31. The largest absolute Gasteiger partial charge is 0.484 e. The number of nitrogens with zero attached hydrogens (tertiary/aromatic N) is 1. The molecule has 0 saturated carbocycles. The van der Waals surface area contributed by atoms with Crippen molar-refractivity contribution in [1.82, 2.24) is 10.2 Å². The van der Waals surface area contributed by atoms with Crippen molar-refractivity contribution in [2.45, 2.75) is 38.8 Å². The number of hydrogen-bond donors (Lipinski definition) is 1. The van der Waals surface area contributed by atoms with E-state index in [0.29, 0.717) is 39.3 Å². The predicted molar refractivity (Wildman–Crippen MR) is 146 cm³/mol. The Kier molecular flexibility index (Phi) is 10.9. The molecule has 0 fully saturated rings. The Bertz CT molecular complexity index is 1140. The van der Waals surface area contributed by atoms with Gasteiger partial charge in [-0.3, -0.25) is 9.59 Å². The van der Waals surface area contributed by atoms with Crippen LogP contribution in [0.5, 0.6) is 5.75 Å². The molecule has 1 atom stereocenters. The zero-order chi connectivity index (χ0) is 25.9. The molecule has 8 heteroatoms. The average molecular weight is 548 g/mol. The standard InChI is InChI=1S/C28H29Cl3N2O3/c1-2-3-15-32-28(35)26(16-20-9-5-4-6-10-20)33(18-23-24(30)13-8-14-25(23)31)27(34)19-36-22-12-7-11-21(29)17-22/h4-14,17,26H,2-3,15-16,18-19H2,1H3,(H,32,35)/t26-/m1/s1. The van der Waals surface area contributed by atoms with E-state index >= 15 is 0 Å². The summed E-state index contributed by atoms with van der Waals surface area (Å²) in [4.78, 5) is 28.5. The number of nitrogens with one attached hydrogen (secondary N) is 1. The normalized spacial score (nSPS) is 11.6. The summed E-state index contributed by atoms with van der Waals surface area (Å²) in [6, 6.07) is 20.7. The van der Waals surface area contributed by atoms with E-state index in [9.17, 15) is 9.59 Å². The fourth-order valence-electron chi connectivity index (χ4n) is 3.70. The molecule has 1 N–H and O–H groups in total. The molecule has 0 aliphatic heterocycles. The molecule has 0 unspecified atom stereocenters. The number of benzene rings is 3. The second kappa shape index (κ2) is 14.1. The molecule has 0 bridgehead atoms. The van der Waals surface area contributed by atoms with Crippen molar-refractivity contribution in [3.63, 3.8) is 0 Å². The summed E-state index contributed by atoms with van der Waals surface area (Å²) in [6.07, 6.45) is 2.10. The van der Waals surface area contributed by atoms with Crippen LogP contribution < -0.4 is 10.1 Å². The number of ether oxygens (including phenoxy) is 1. The summed E-state index contributed by atoms with van der Waals surface area (Å²) in [5.41, 5.74) is 1.49. The van der Waals surface area contributed by atoms with E-state index in [1.54, 1.807) is 42.5 Å². The first kappa shape index (κ1) is 27.9. The van der Waals surface area contributed by atoms with Crippen LogP contribution in [0.3, 0.4) is 0 Å². The van der Waals surface area contributed by atoms with Gasteiger partial charge in [-0.2, -0.15) is 0 Å². The highest BCUT2D eigenvalue weighted by atomic mass is 35.5. The minimum absolute atomic E-state index is 0.0505. The molecule has 0 aliphatic rings. The van der Waals surface area contributed by atoms with Crippen LogP contribution in [0.25, 0.3) is 0 Å². The lowest BCUT2D eigenvalue weighted by Crippen LogP contribution is -2.52. The van der Waals surface area contributed by atoms with Crippen LogP contribution in [0.4, 0.5) is 0 Å². The van der Waals surface area contributed by atoms with Crippen LogP contribution in [-0.4, -0.2) is 35.9 Å². The van der Waals surface area contributed by atoms with Gasteiger partial charge in [0.15, 0.2) is 6.61 Å². The van der Waals surface area contributed by atoms with E-state index in [-0.39, 0.29) is 25.0 Å². The highest BCUT2D eigenvalue weighted by Crippen LogP contribution is 2.27. The molecule has 190 valence electrons. The summed E-state index contributed by atoms with van der Waals surface area (Å²) in [6.45, 7) is 2.34. The SMILES string of the molecule is CCCCNC(=O)[C@@H](Cc1ccccc1)N(Cc1c(Cl)cccc1Cl)C(=O)COc1cccc(Cl)c1. The van der Waals surface area contributed by atoms with Crippen LogP contribution >= 0.6 is 34.8 Å². The lowest BCUT2D eigenvalue weighted by Gasteiger charge is -2.32. The molecule has 0 aliphatic carbocycles. The van der Waals surface area contributed by atoms with Gasteiger partial charge in [-0.25, -0.2) is 0 Å². The molecule has 3 aromatic carbocycles. The molecule has 2 amide bonds. The number of halogens is 3. The number of unbranched alkanes of at least 4 members (excludes halogenated alkanes) is 1. The molecule has 0 heterocycles. The quantitative estimate of drug-likeness (QED) is 0.261. The molecular formula is C28H29Cl3N2O3. The van der Waals surface area contributed by atoms with Gasteiger partial charge in [0.25, 0.3) is 5.91 Å². The van der Waals surface area contributed by atoms with E-state index in [2.05, 4.69) is 12.2 Å². The first-order chi connectivity index (χ1) is 17.4. The third-order valence-corrected chi connectivity index (χ3v) is 6.59. The van der Waals surface area contributed by atoms with Gasteiger partial charge in [-0.1, -0.05) is 90.6 Å². The van der Waals surface area contributed by atoms with Crippen molar-refractivity contribution in [3.05, 3.63) is 99.0 Å². The Hall–Kier alpha value is -2.73. The Morgan fingerprint density at radius 1 is 0.944 bits per heavy atom. The van der Waals surface area contributed by atoms with Crippen LogP contribution in [0.1, 0.15) is 30.9 Å². The molecule has 3 aromatic rings. The van der Waals surface area contributed by atoms with Crippen molar-refractivity contribution in [2.75, 3.05) is 13.2 Å². The number of rotatable bonds is 12. The maximum absolute atomic E-state index is 13.6. The Balaban J connectivity index is 1.93. The minimum Gasteiger partial charge on any atom is -0.484 e. The molecular weight excluding hydrogens is 519 g/mol. The van der Waals surface area contributed by atoms with Gasteiger partial charge in [0.1, 0.15) is 11.8 Å². The molecule has 0 saturated heterocycles. The van der Waals surface area contributed by atoms with Gasteiger partial charge in [-0.05, 0) is 42.3 Å². The van der Waals surface area contributed by atoms with Gasteiger partial charge >= 0.3 is 0 Å². The third kappa shape index (κ3) is 8.16. The van der Waals surface area contributed by atoms with Crippen LogP contribution in [0.2, 0.25) is 15.1 Å². The lowest BCUT2D eigenvalue weighted by molar-refractivity contribution is -0.142. The smallest absolute Gasteiger partial charge is 0.261 e. The zero-order valence-electron chi connectivity index (χ0n) is 20.1. The number of carbonyl (C=O) groups excluding carboxylic acids is 2. The average Bonchev–Trinajstić information content (AvgIpc) is 2.87. The Morgan fingerprint density at radius 3 is 2.31 bits per heavy atom. The van der Waals surface area contributed by atoms with Gasteiger partial charge in [0, 0.05) is 40.1 Å². The van der Waals surface area contributed by atoms with E-state index in [0.717, 1.165) is 18.4 Å². The maximum atomic E-state index is 13.6. The van der Waals surface area contributed by atoms with Crippen molar-refractivity contribution < 1.29 is 14.3 Å². The third-order valence-electron chi connectivity index (χ3n) is 5.65. The Labute approximate surface area is 227 Å². The highest BCUT2D eigenvalue weighted by molar-refractivity contribution is 6.36. The van der Waals surface area contributed by atoms with Crippen molar-refractivity contribution >= 4 is 46.6 Å². The van der Waals surface area contributed by atoms with Gasteiger partial charge in [-0.15, -0.1) is 0 Å². The predicted octanol–water partition coefficient (Wildman–Crippen LogP) is 6.58. The topological polar surface area (TPSA) is 58.6 Å².